The molecule has 0 saturated carbocycles. The molecule has 2 aromatic rings. The van der Waals surface area contributed by atoms with Crippen LogP contribution in [0, 0.1) is 17.0 Å². The second kappa shape index (κ2) is 11.2. The SMILES string of the molecule is COC(=O)CC1B(C#N)CCc2cc(OCC3CCCCO3)c(Oc3ccc(Br)c(F)c3)cc21. The van der Waals surface area contributed by atoms with Gasteiger partial charge in [0.2, 0.25) is 0 Å². The number of halogens is 2. The largest absolute Gasteiger partial charge is 0.487 e. The molecule has 4 rings (SSSR count). The fourth-order valence-electron chi connectivity index (χ4n) is 4.56. The zero-order valence-corrected chi connectivity index (χ0v) is 20.6. The molecule has 2 aliphatic rings. The van der Waals surface area contributed by atoms with E-state index in [1.807, 2.05) is 12.1 Å². The van der Waals surface area contributed by atoms with Crippen molar-refractivity contribution >= 4 is 28.6 Å². The highest BCUT2D eigenvalue weighted by molar-refractivity contribution is 9.10. The van der Waals surface area contributed by atoms with Gasteiger partial charge in [0.15, 0.2) is 11.5 Å². The van der Waals surface area contributed by atoms with E-state index in [0.717, 1.165) is 37.0 Å². The molecule has 0 aliphatic carbocycles. The number of methoxy groups -OCH3 is 1. The molecular weight excluding hydrogens is 504 g/mol. The van der Waals surface area contributed by atoms with Gasteiger partial charge >= 0.3 is 5.97 Å². The third kappa shape index (κ3) is 5.73. The lowest BCUT2D eigenvalue weighted by Crippen LogP contribution is -2.30. The van der Waals surface area contributed by atoms with Gasteiger partial charge in [-0.1, -0.05) is 6.32 Å². The predicted octanol–water partition coefficient (Wildman–Crippen LogP) is 5.63. The van der Waals surface area contributed by atoms with Crippen LogP contribution in [0.3, 0.4) is 0 Å². The molecule has 1 saturated heterocycles. The van der Waals surface area contributed by atoms with Crippen LogP contribution in [0.1, 0.15) is 42.6 Å². The Bertz CT molecular complexity index is 1090. The normalized spacial score (nSPS) is 19.6. The van der Waals surface area contributed by atoms with Crippen molar-refractivity contribution in [2.45, 2.75) is 50.3 Å². The Morgan fingerprint density at radius 2 is 2.15 bits per heavy atom. The summed E-state index contributed by atoms with van der Waals surface area (Å²) < 4.78 is 37.4. The van der Waals surface area contributed by atoms with Crippen LogP contribution in [0.15, 0.2) is 34.8 Å². The number of esters is 1. The van der Waals surface area contributed by atoms with E-state index in [2.05, 4.69) is 21.9 Å². The Labute approximate surface area is 207 Å². The van der Waals surface area contributed by atoms with E-state index in [1.165, 1.54) is 13.2 Å². The van der Waals surface area contributed by atoms with Crippen LogP contribution < -0.4 is 9.47 Å². The van der Waals surface area contributed by atoms with E-state index in [9.17, 15) is 14.4 Å². The maximum absolute atomic E-state index is 14.1. The summed E-state index contributed by atoms with van der Waals surface area (Å²) in [7, 11) is 1.34. The third-order valence-electron chi connectivity index (χ3n) is 6.41. The number of nitrogens with zero attached hydrogens (tertiary/aromatic N) is 1. The molecule has 2 unspecified atom stereocenters. The van der Waals surface area contributed by atoms with Gasteiger partial charge in [-0.05, 0) is 82.8 Å². The molecule has 0 N–H and O–H groups in total. The Morgan fingerprint density at radius 3 is 2.85 bits per heavy atom. The number of carbonyl (C=O) groups excluding carboxylic acids is 1. The highest BCUT2D eigenvalue weighted by Crippen LogP contribution is 2.42. The van der Waals surface area contributed by atoms with E-state index in [0.29, 0.717) is 41.1 Å². The summed E-state index contributed by atoms with van der Waals surface area (Å²) in [5.74, 6) is 2.46. The van der Waals surface area contributed by atoms with Crippen molar-refractivity contribution in [3.8, 4) is 23.2 Å². The summed E-state index contributed by atoms with van der Waals surface area (Å²) in [6.07, 6.45) is 4.54. The maximum atomic E-state index is 14.1. The number of hydrogen-bond donors (Lipinski definition) is 0. The van der Waals surface area contributed by atoms with Crippen LogP contribution in [0.5, 0.6) is 17.2 Å². The van der Waals surface area contributed by atoms with Crippen LogP contribution in [-0.4, -0.2) is 39.1 Å². The highest BCUT2D eigenvalue weighted by atomic mass is 79.9. The van der Waals surface area contributed by atoms with Gasteiger partial charge in [0.25, 0.3) is 6.71 Å². The highest BCUT2D eigenvalue weighted by Gasteiger charge is 2.36. The topological polar surface area (TPSA) is 77.8 Å². The van der Waals surface area contributed by atoms with E-state index < -0.39 is 5.82 Å². The minimum atomic E-state index is -0.443. The van der Waals surface area contributed by atoms with Crippen molar-refractivity contribution in [2.75, 3.05) is 20.3 Å². The van der Waals surface area contributed by atoms with Crippen molar-refractivity contribution in [1.29, 1.82) is 5.26 Å². The van der Waals surface area contributed by atoms with Crippen LogP contribution in [0.4, 0.5) is 4.39 Å². The molecule has 2 aromatic carbocycles. The van der Waals surface area contributed by atoms with E-state index >= 15 is 0 Å². The molecule has 2 aliphatic heterocycles. The number of ether oxygens (including phenoxy) is 4. The van der Waals surface area contributed by atoms with E-state index in [4.69, 9.17) is 18.9 Å². The lowest BCUT2D eigenvalue weighted by Gasteiger charge is -2.29. The first-order valence-corrected chi connectivity index (χ1v) is 12.3. The first-order valence-electron chi connectivity index (χ1n) is 11.5. The lowest BCUT2D eigenvalue weighted by atomic mass is 9.35. The van der Waals surface area contributed by atoms with Crippen LogP contribution in [0.2, 0.25) is 6.32 Å². The molecule has 0 bridgehead atoms. The predicted molar refractivity (Wildman–Crippen MR) is 129 cm³/mol. The Balaban J connectivity index is 1.68. The van der Waals surface area contributed by atoms with Crippen molar-refractivity contribution in [2.24, 2.45) is 0 Å². The second-order valence-electron chi connectivity index (χ2n) is 8.64. The number of hydrogen-bond acceptors (Lipinski definition) is 6. The van der Waals surface area contributed by atoms with E-state index in [-0.39, 0.29) is 31.0 Å². The molecular formula is C25H26BBrFNO5. The van der Waals surface area contributed by atoms with Gasteiger partial charge in [0, 0.05) is 25.1 Å². The maximum Gasteiger partial charge on any atom is 0.305 e. The smallest absolute Gasteiger partial charge is 0.305 e. The van der Waals surface area contributed by atoms with Gasteiger partial charge in [-0.15, -0.1) is 0 Å². The Morgan fingerprint density at radius 1 is 1.29 bits per heavy atom. The van der Waals surface area contributed by atoms with Gasteiger partial charge in [0.05, 0.1) is 17.7 Å². The average molecular weight is 530 g/mol. The van der Waals surface area contributed by atoms with Crippen molar-refractivity contribution < 1.29 is 28.1 Å². The minimum Gasteiger partial charge on any atom is -0.487 e. The summed E-state index contributed by atoms with van der Waals surface area (Å²) in [4.78, 5) is 12.1. The first-order chi connectivity index (χ1) is 16.5. The molecule has 2 heterocycles. The number of fused-ring (bicyclic) bond motifs is 1. The standard InChI is InChI=1S/C25H26BBrFNO5/c1-31-25(30)13-20-19-12-24(34-17-5-6-21(27)22(28)11-17)23(10-16(19)7-8-26(20)15-29)33-14-18-4-2-3-9-32-18/h5-6,10-12,18,20H,2-4,7-9,13-14H2,1H3. The minimum absolute atomic E-state index is 0.0119. The van der Waals surface area contributed by atoms with Crippen LogP contribution in [0.25, 0.3) is 0 Å². The number of rotatable bonds is 7. The van der Waals surface area contributed by atoms with Gasteiger partial charge in [-0.3, -0.25) is 4.79 Å². The molecule has 6 nitrogen and oxygen atoms in total. The third-order valence-corrected chi connectivity index (χ3v) is 7.06. The summed E-state index contributed by atoms with van der Waals surface area (Å²) in [5, 5.41) is 9.70. The lowest BCUT2D eigenvalue weighted by molar-refractivity contribution is -0.140. The molecule has 0 radical (unpaired) electrons. The van der Waals surface area contributed by atoms with E-state index in [1.54, 1.807) is 12.1 Å². The van der Waals surface area contributed by atoms with Crippen molar-refractivity contribution in [1.82, 2.24) is 0 Å². The zero-order valence-electron chi connectivity index (χ0n) is 19.0. The Hall–Kier alpha value is -2.57. The number of benzene rings is 2. The summed E-state index contributed by atoms with van der Waals surface area (Å²) in [6.45, 7) is 0.799. The summed E-state index contributed by atoms with van der Waals surface area (Å²) in [5.41, 5.74) is 1.87. The van der Waals surface area contributed by atoms with Crippen LogP contribution >= 0.6 is 15.9 Å². The molecule has 9 heteroatoms. The Kier molecular flexibility index (Phi) is 8.12. The molecule has 0 spiro atoms. The molecule has 34 heavy (non-hydrogen) atoms. The molecule has 2 atom stereocenters. The fourth-order valence-corrected chi connectivity index (χ4v) is 4.81. The number of carbonyl (C=O) groups is 1. The van der Waals surface area contributed by atoms with Gasteiger partial charge < -0.3 is 18.9 Å². The van der Waals surface area contributed by atoms with Crippen LogP contribution in [-0.2, 0) is 20.7 Å². The molecule has 178 valence electrons. The number of aryl methyl sites for hydroxylation is 1. The van der Waals surface area contributed by atoms with Crippen molar-refractivity contribution in [3.05, 3.63) is 51.7 Å². The van der Waals surface area contributed by atoms with Gasteiger partial charge in [-0.25, -0.2) is 9.65 Å². The monoisotopic (exact) mass is 529 g/mol. The number of nitriles is 1. The summed E-state index contributed by atoms with van der Waals surface area (Å²) in [6, 6.07) is 8.27. The quantitative estimate of drug-likeness (QED) is 0.342. The summed E-state index contributed by atoms with van der Waals surface area (Å²) >= 11 is 3.16. The zero-order chi connectivity index (χ0) is 24.1. The molecule has 0 amide bonds. The molecule has 0 aromatic heterocycles. The molecule has 1 fully saturated rings. The van der Waals surface area contributed by atoms with Crippen molar-refractivity contribution in [3.63, 3.8) is 0 Å². The van der Waals surface area contributed by atoms with Gasteiger partial charge in [-0.2, -0.15) is 0 Å². The average Bonchev–Trinajstić information content (AvgIpc) is 2.85. The fraction of sp³-hybridized carbons (Fsp3) is 0.440. The second-order valence-corrected chi connectivity index (χ2v) is 9.49. The first kappa shape index (κ1) is 24.6. The van der Waals surface area contributed by atoms with Gasteiger partial charge in [0.1, 0.15) is 18.2 Å².